The van der Waals surface area contributed by atoms with Gasteiger partial charge in [0, 0.05) is 6.20 Å². The van der Waals surface area contributed by atoms with Crippen LogP contribution < -0.4 is 16.6 Å². The SMILES string of the molecule is NC(=S)NNC(=O)c1cncc(F)c1. The van der Waals surface area contributed by atoms with Crippen molar-refractivity contribution in [3.63, 3.8) is 0 Å². The molecule has 0 radical (unpaired) electrons. The monoisotopic (exact) mass is 214 g/mol. The number of halogens is 1. The first-order valence-electron chi connectivity index (χ1n) is 3.56. The van der Waals surface area contributed by atoms with Gasteiger partial charge in [0.05, 0.1) is 11.8 Å². The van der Waals surface area contributed by atoms with Crippen LogP contribution in [0, 0.1) is 5.82 Å². The molecule has 0 unspecified atom stereocenters. The molecule has 1 aromatic rings. The Kier molecular flexibility index (Phi) is 3.29. The van der Waals surface area contributed by atoms with Crippen LogP contribution >= 0.6 is 12.2 Å². The van der Waals surface area contributed by atoms with E-state index in [0.29, 0.717) is 0 Å². The summed E-state index contributed by atoms with van der Waals surface area (Å²) < 4.78 is 12.6. The average molecular weight is 214 g/mol. The Morgan fingerprint density at radius 2 is 2.21 bits per heavy atom. The predicted molar refractivity (Wildman–Crippen MR) is 51.6 cm³/mol. The maximum absolute atomic E-state index is 12.6. The van der Waals surface area contributed by atoms with Crippen molar-refractivity contribution in [2.75, 3.05) is 0 Å². The van der Waals surface area contributed by atoms with Gasteiger partial charge in [-0.3, -0.25) is 20.6 Å². The van der Waals surface area contributed by atoms with Crippen molar-refractivity contribution >= 4 is 23.2 Å². The summed E-state index contributed by atoms with van der Waals surface area (Å²) in [6, 6.07) is 1.05. The molecule has 0 aliphatic carbocycles. The number of carbonyl (C=O) groups is 1. The predicted octanol–water partition coefficient (Wildman–Crippen LogP) is -0.301. The van der Waals surface area contributed by atoms with Gasteiger partial charge in [0.15, 0.2) is 5.11 Å². The molecule has 0 aliphatic rings. The topological polar surface area (TPSA) is 80.0 Å². The van der Waals surface area contributed by atoms with E-state index in [1.54, 1.807) is 0 Å². The third-order valence-electron chi connectivity index (χ3n) is 1.27. The quantitative estimate of drug-likeness (QED) is 0.442. The Labute approximate surface area is 84.5 Å². The highest BCUT2D eigenvalue weighted by Crippen LogP contribution is 1.99. The second-order valence-electron chi connectivity index (χ2n) is 2.34. The number of rotatable bonds is 1. The molecule has 7 heteroatoms. The molecule has 74 valence electrons. The van der Waals surface area contributed by atoms with Crippen molar-refractivity contribution in [3.05, 3.63) is 29.8 Å². The van der Waals surface area contributed by atoms with Crippen molar-refractivity contribution in [2.24, 2.45) is 5.73 Å². The molecular formula is C7H7FN4OS. The lowest BCUT2D eigenvalue weighted by Crippen LogP contribution is -2.44. The van der Waals surface area contributed by atoms with Gasteiger partial charge < -0.3 is 5.73 Å². The summed E-state index contributed by atoms with van der Waals surface area (Å²) in [5, 5.41) is -0.0808. The first-order chi connectivity index (χ1) is 6.59. The Hall–Kier alpha value is -1.76. The molecule has 0 saturated heterocycles. The first kappa shape index (κ1) is 10.3. The van der Waals surface area contributed by atoms with E-state index in [2.05, 4.69) is 28.1 Å². The van der Waals surface area contributed by atoms with Crippen LogP contribution in [-0.2, 0) is 0 Å². The number of nitrogens with two attached hydrogens (primary N) is 1. The van der Waals surface area contributed by atoms with Crippen LogP contribution in [0.25, 0.3) is 0 Å². The highest BCUT2D eigenvalue weighted by molar-refractivity contribution is 7.80. The molecule has 0 spiro atoms. The standard InChI is InChI=1S/C7H7FN4OS/c8-5-1-4(2-10-3-5)6(13)11-12-7(9)14/h1-3H,(H,11,13)(H3,9,12,14). The van der Waals surface area contributed by atoms with E-state index in [9.17, 15) is 9.18 Å². The van der Waals surface area contributed by atoms with Gasteiger partial charge >= 0.3 is 0 Å². The lowest BCUT2D eigenvalue weighted by molar-refractivity contribution is 0.0943. The number of hydrogen-bond acceptors (Lipinski definition) is 3. The van der Waals surface area contributed by atoms with E-state index in [1.807, 2.05) is 0 Å². The number of nitrogens with zero attached hydrogens (tertiary/aromatic N) is 1. The van der Waals surface area contributed by atoms with Crippen molar-refractivity contribution in [3.8, 4) is 0 Å². The molecule has 14 heavy (non-hydrogen) atoms. The van der Waals surface area contributed by atoms with Crippen molar-refractivity contribution < 1.29 is 9.18 Å². The molecule has 1 rings (SSSR count). The third kappa shape index (κ3) is 2.94. The van der Waals surface area contributed by atoms with Crippen LogP contribution in [0.3, 0.4) is 0 Å². The Bertz CT molecular complexity index is 370. The van der Waals surface area contributed by atoms with Crippen LogP contribution in [0.15, 0.2) is 18.5 Å². The zero-order valence-electron chi connectivity index (χ0n) is 6.95. The third-order valence-corrected chi connectivity index (χ3v) is 1.37. The number of nitrogens with one attached hydrogen (secondary N) is 2. The van der Waals surface area contributed by atoms with Crippen LogP contribution in [-0.4, -0.2) is 16.0 Å². The smallest absolute Gasteiger partial charge is 0.271 e. The average Bonchev–Trinajstić information content (AvgIpc) is 2.14. The van der Waals surface area contributed by atoms with Crippen LogP contribution in [0.4, 0.5) is 4.39 Å². The van der Waals surface area contributed by atoms with Crippen molar-refractivity contribution in [1.82, 2.24) is 15.8 Å². The van der Waals surface area contributed by atoms with Crippen LogP contribution in [0.5, 0.6) is 0 Å². The van der Waals surface area contributed by atoms with E-state index >= 15 is 0 Å². The van der Waals surface area contributed by atoms with E-state index < -0.39 is 11.7 Å². The maximum Gasteiger partial charge on any atom is 0.271 e. The number of carbonyl (C=O) groups excluding carboxylic acids is 1. The minimum Gasteiger partial charge on any atom is -0.375 e. The lowest BCUT2D eigenvalue weighted by Gasteiger charge is -2.05. The van der Waals surface area contributed by atoms with Gasteiger partial charge in [0.2, 0.25) is 0 Å². The number of hydrazine groups is 1. The number of amides is 1. The van der Waals surface area contributed by atoms with Gasteiger partial charge in [-0.2, -0.15) is 0 Å². The van der Waals surface area contributed by atoms with E-state index in [4.69, 9.17) is 5.73 Å². The summed E-state index contributed by atoms with van der Waals surface area (Å²) in [4.78, 5) is 14.7. The zero-order chi connectivity index (χ0) is 10.6. The lowest BCUT2D eigenvalue weighted by atomic mass is 10.3. The molecule has 0 aromatic carbocycles. The molecule has 0 aliphatic heterocycles. The molecule has 0 atom stereocenters. The molecule has 0 bridgehead atoms. The minimum absolute atomic E-state index is 0.0775. The summed E-state index contributed by atoms with van der Waals surface area (Å²) in [6.07, 6.45) is 2.22. The first-order valence-corrected chi connectivity index (χ1v) is 3.97. The van der Waals surface area contributed by atoms with Gasteiger partial charge in [0.25, 0.3) is 5.91 Å². The number of thiocarbonyl (C=S) groups is 1. The molecule has 1 heterocycles. The van der Waals surface area contributed by atoms with Gasteiger partial charge in [-0.05, 0) is 18.3 Å². The maximum atomic E-state index is 12.6. The zero-order valence-corrected chi connectivity index (χ0v) is 7.77. The molecule has 5 nitrogen and oxygen atoms in total. The number of aromatic nitrogens is 1. The summed E-state index contributed by atoms with van der Waals surface area (Å²) in [5.41, 5.74) is 9.53. The highest BCUT2D eigenvalue weighted by atomic mass is 32.1. The van der Waals surface area contributed by atoms with Gasteiger partial charge in [-0.1, -0.05) is 0 Å². The van der Waals surface area contributed by atoms with E-state index in [-0.39, 0.29) is 10.7 Å². The van der Waals surface area contributed by atoms with Crippen LogP contribution in [0.2, 0.25) is 0 Å². The number of hydrogen-bond donors (Lipinski definition) is 3. The van der Waals surface area contributed by atoms with E-state index in [0.717, 1.165) is 12.3 Å². The van der Waals surface area contributed by atoms with Gasteiger partial charge in [0.1, 0.15) is 5.82 Å². The molecular weight excluding hydrogens is 207 g/mol. The Morgan fingerprint density at radius 1 is 1.50 bits per heavy atom. The minimum atomic E-state index is -0.590. The second-order valence-corrected chi connectivity index (χ2v) is 2.78. The number of pyridine rings is 1. The van der Waals surface area contributed by atoms with Crippen molar-refractivity contribution in [2.45, 2.75) is 0 Å². The Balaban J connectivity index is 2.65. The fraction of sp³-hybridized carbons (Fsp3) is 0. The van der Waals surface area contributed by atoms with Gasteiger partial charge in [-0.25, -0.2) is 4.39 Å². The second kappa shape index (κ2) is 4.47. The van der Waals surface area contributed by atoms with Crippen molar-refractivity contribution in [1.29, 1.82) is 0 Å². The summed E-state index contributed by atoms with van der Waals surface area (Å²) in [5.74, 6) is -1.15. The molecule has 1 aromatic heterocycles. The molecule has 0 saturated carbocycles. The summed E-state index contributed by atoms with van der Waals surface area (Å²) >= 11 is 4.45. The Morgan fingerprint density at radius 3 is 2.79 bits per heavy atom. The summed E-state index contributed by atoms with van der Waals surface area (Å²) in [6.45, 7) is 0. The summed E-state index contributed by atoms with van der Waals surface area (Å²) in [7, 11) is 0. The fourth-order valence-corrected chi connectivity index (χ4v) is 0.778. The molecule has 4 N–H and O–H groups in total. The normalized spacial score (nSPS) is 9.21. The van der Waals surface area contributed by atoms with E-state index in [1.165, 1.54) is 6.20 Å². The van der Waals surface area contributed by atoms with Crippen LogP contribution in [0.1, 0.15) is 10.4 Å². The largest absolute Gasteiger partial charge is 0.375 e. The molecule has 0 fully saturated rings. The molecule has 1 amide bonds. The van der Waals surface area contributed by atoms with Gasteiger partial charge in [-0.15, -0.1) is 0 Å². The highest BCUT2D eigenvalue weighted by Gasteiger charge is 2.05. The fourth-order valence-electron chi connectivity index (χ4n) is 0.727.